The number of hydrogen-bond acceptors (Lipinski definition) is 4. The summed E-state index contributed by atoms with van der Waals surface area (Å²) in [6, 6.07) is 6.59. The second-order valence-corrected chi connectivity index (χ2v) is 6.15. The number of carboxylic acids is 1. The van der Waals surface area contributed by atoms with E-state index in [1.54, 1.807) is 31.4 Å². The van der Waals surface area contributed by atoms with Gasteiger partial charge in [0.25, 0.3) is 5.91 Å². The predicted molar refractivity (Wildman–Crippen MR) is 92.4 cm³/mol. The topological polar surface area (TPSA) is 105 Å². The maximum atomic E-state index is 12.5. The van der Waals surface area contributed by atoms with Gasteiger partial charge in [-0.05, 0) is 31.0 Å². The third-order valence-corrected chi connectivity index (χ3v) is 4.40. The van der Waals surface area contributed by atoms with Crippen LogP contribution in [0.4, 0.5) is 5.69 Å². The van der Waals surface area contributed by atoms with E-state index in [0.717, 1.165) is 12.8 Å². The summed E-state index contributed by atoms with van der Waals surface area (Å²) in [7, 11) is 1.55. The summed E-state index contributed by atoms with van der Waals surface area (Å²) in [5.41, 5.74) is 0.909. The van der Waals surface area contributed by atoms with Crippen LogP contribution >= 0.6 is 0 Å². The van der Waals surface area contributed by atoms with Crippen LogP contribution in [0.2, 0.25) is 0 Å². The summed E-state index contributed by atoms with van der Waals surface area (Å²) >= 11 is 0. The molecule has 1 saturated carbocycles. The largest absolute Gasteiger partial charge is 0.481 e. The molecule has 0 radical (unpaired) electrons. The van der Waals surface area contributed by atoms with Crippen molar-refractivity contribution in [3.63, 3.8) is 0 Å². The van der Waals surface area contributed by atoms with Gasteiger partial charge in [0.05, 0.1) is 18.4 Å². The average molecular weight is 348 g/mol. The van der Waals surface area contributed by atoms with E-state index < -0.39 is 17.8 Å². The molecule has 7 nitrogen and oxygen atoms in total. The summed E-state index contributed by atoms with van der Waals surface area (Å²) in [4.78, 5) is 35.9. The molecule has 0 heterocycles. The normalized spacial score (nSPS) is 19.9. The van der Waals surface area contributed by atoms with Crippen LogP contribution < -0.4 is 10.6 Å². The van der Waals surface area contributed by atoms with E-state index in [2.05, 4.69) is 10.6 Å². The highest BCUT2D eigenvalue weighted by molar-refractivity contribution is 5.98. The molecular formula is C18H24N2O5. The number of carbonyl (C=O) groups is 3. The minimum absolute atomic E-state index is 0.255. The maximum absolute atomic E-state index is 12.5. The van der Waals surface area contributed by atoms with E-state index in [4.69, 9.17) is 4.74 Å². The second kappa shape index (κ2) is 9.17. The quantitative estimate of drug-likeness (QED) is 0.653. The van der Waals surface area contributed by atoms with Gasteiger partial charge in [0, 0.05) is 24.9 Å². The molecule has 136 valence electrons. The zero-order valence-electron chi connectivity index (χ0n) is 14.3. The summed E-state index contributed by atoms with van der Waals surface area (Å²) in [5, 5.41) is 14.8. The molecule has 0 bridgehead atoms. The van der Waals surface area contributed by atoms with Crippen molar-refractivity contribution in [1.29, 1.82) is 0 Å². The standard InChI is InChI=1S/C18H24N2O5/c1-25-10-9-19-16(21)12-5-4-6-13(11-12)20-17(22)14-7-2-3-8-15(14)18(23)24/h4-6,11,14-15H,2-3,7-10H2,1H3,(H,19,21)(H,20,22)(H,23,24)/t14-,15+/m1/s1. The Labute approximate surface area is 146 Å². The van der Waals surface area contributed by atoms with E-state index in [1.165, 1.54) is 0 Å². The Kier molecular flexibility index (Phi) is 6.94. The Morgan fingerprint density at radius 3 is 2.60 bits per heavy atom. The molecule has 1 fully saturated rings. The first-order valence-electron chi connectivity index (χ1n) is 8.44. The lowest BCUT2D eigenvalue weighted by Crippen LogP contribution is -2.36. The van der Waals surface area contributed by atoms with Crippen molar-refractivity contribution in [3.05, 3.63) is 29.8 Å². The Morgan fingerprint density at radius 1 is 1.20 bits per heavy atom. The third kappa shape index (κ3) is 5.29. The fourth-order valence-electron chi connectivity index (χ4n) is 3.08. The maximum Gasteiger partial charge on any atom is 0.307 e. The molecule has 25 heavy (non-hydrogen) atoms. The number of ether oxygens (including phenoxy) is 1. The Hall–Kier alpha value is -2.41. The molecule has 3 N–H and O–H groups in total. The van der Waals surface area contributed by atoms with E-state index in [9.17, 15) is 19.5 Å². The molecule has 0 saturated heterocycles. The van der Waals surface area contributed by atoms with Crippen LogP contribution in [0.25, 0.3) is 0 Å². The Bertz CT molecular complexity index is 632. The first-order valence-corrected chi connectivity index (χ1v) is 8.44. The van der Waals surface area contributed by atoms with Gasteiger partial charge in [0.2, 0.25) is 5.91 Å². The molecule has 0 spiro atoms. The lowest BCUT2D eigenvalue weighted by molar-refractivity contribution is -0.147. The molecule has 2 atom stereocenters. The Balaban J connectivity index is 2.02. The van der Waals surface area contributed by atoms with E-state index in [0.29, 0.717) is 37.2 Å². The van der Waals surface area contributed by atoms with Crippen LogP contribution in [0.1, 0.15) is 36.0 Å². The van der Waals surface area contributed by atoms with Crippen molar-refractivity contribution in [3.8, 4) is 0 Å². The molecule has 0 aliphatic heterocycles. The first-order chi connectivity index (χ1) is 12.0. The zero-order valence-corrected chi connectivity index (χ0v) is 14.3. The van der Waals surface area contributed by atoms with Crippen molar-refractivity contribution in [2.45, 2.75) is 25.7 Å². The molecule has 1 aromatic carbocycles. The molecule has 1 aromatic rings. The van der Waals surface area contributed by atoms with Gasteiger partial charge in [-0.25, -0.2) is 0 Å². The van der Waals surface area contributed by atoms with Crippen LogP contribution in [-0.2, 0) is 14.3 Å². The number of aliphatic carboxylic acids is 1. The molecule has 0 unspecified atom stereocenters. The van der Waals surface area contributed by atoms with Crippen molar-refractivity contribution in [1.82, 2.24) is 5.32 Å². The number of hydrogen-bond donors (Lipinski definition) is 3. The van der Waals surface area contributed by atoms with Gasteiger partial charge >= 0.3 is 5.97 Å². The number of carbonyl (C=O) groups excluding carboxylic acids is 2. The third-order valence-electron chi connectivity index (χ3n) is 4.40. The van der Waals surface area contributed by atoms with Crippen molar-refractivity contribution in [2.24, 2.45) is 11.8 Å². The van der Waals surface area contributed by atoms with E-state index >= 15 is 0 Å². The van der Waals surface area contributed by atoms with Gasteiger partial charge in [-0.1, -0.05) is 18.9 Å². The molecule has 2 rings (SSSR count). The van der Waals surface area contributed by atoms with E-state index in [-0.39, 0.29) is 11.8 Å². The molecule has 7 heteroatoms. The lowest BCUT2D eigenvalue weighted by Gasteiger charge is -2.27. The smallest absolute Gasteiger partial charge is 0.307 e. The molecule has 1 aliphatic carbocycles. The molecule has 1 aliphatic rings. The van der Waals surface area contributed by atoms with Crippen LogP contribution in [0.3, 0.4) is 0 Å². The number of benzene rings is 1. The van der Waals surface area contributed by atoms with Gasteiger partial charge in [0.15, 0.2) is 0 Å². The van der Waals surface area contributed by atoms with Gasteiger partial charge in [-0.3, -0.25) is 14.4 Å². The number of nitrogens with one attached hydrogen (secondary N) is 2. The minimum atomic E-state index is -0.925. The Morgan fingerprint density at radius 2 is 1.92 bits per heavy atom. The van der Waals surface area contributed by atoms with Gasteiger partial charge < -0.3 is 20.5 Å². The summed E-state index contributed by atoms with van der Waals surface area (Å²) < 4.78 is 4.88. The molecule has 2 amide bonds. The average Bonchev–Trinajstić information content (AvgIpc) is 2.62. The second-order valence-electron chi connectivity index (χ2n) is 6.15. The van der Waals surface area contributed by atoms with Gasteiger partial charge in [-0.2, -0.15) is 0 Å². The highest BCUT2D eigenvalue weighted by Crippen LogP contribution is 2.31. The van der Waals surface area contributed by atoms with Crippen LogP contribution in [0.5, 0.6) is 0 Å². The van der Waals surface area contributed by atoms with Gasteiger partial charge in [0.1, 0.15) is 0 Å². The monoisotopic (exact) mass is 348 g/mol. The van der Waals surface area contributed by atoms with Crippen LogP contribution in [0.15, 0.2) is 24.3 Å². The number of rotatable bonds is 7. The molecular weight excluding hydrogens is 324 g/mol. The SMILES string of the molecule is COCCNC(=O)c1cccc(NC(=O)[C@@H]2CCCC[C@@H]2C(=O)O)c1. The van der Waals surface area contributed by atoms with E-state index in [1.807, 2.05) is 0 Å². The van der Waals surface area contributed by atoms with Crippen molar-refractivity contribution >= 4 is 23.5 Å². The summed E-state index contributed by atoms with van der Waals surface area (Å²) in [6.07, 6.45) is 2.77. The highest BCUT2D eigenvalue weighted by atomic mass is 16.5. The fourth-order valence-corrected chi connectivity index (χ4v) is 3.08. The lowest BCUT2D eigenvalue weighted by atomic mass is 9.78. The van der Waals surface area contributed by atoms with Crippen molar-refractivity contribution in [2.75, 3.05) is 25.6 Å². The highest BCUT2D eigenvalue weighted by Gasteiger charge is 2.35. The van der Waals surface area contributed by atoms with Gasteiger partial charge in [-0.15, -0.1) is 0 Å². The van der Waals surface area contributed by atoms with Crippen LogP contribution in [-0.4, -0.2) is 43.2 Å². The number of methoxy groups -OCH3 is 1. The fraction of sp³-hybridized carbons (Fsp3) is 0.500. The zero-order chi connectivity index (χ0) is 18.2. The number of carboxylic acid groups (broad SMARTS) is 1. The minimum Gasteiger partial charge on any atom is -0.481 e. The predicted octanol–water partition coefficient (Wildman–Crippen LogP) is 1.89. The first kappa shape index (κ1) is 18.9. The summed E-state index contributed by atoms with van der Waals surface area (Å²) in [5.74, 6) is -2.66. The number of amides is 2. The summed E-state index contributed by atoms with van der Waals surface area (Å²) in [6.45, 7) is 0.814. The van der Waals surface area contributed by atoms with Crippen LogP contribution in [0, 0.1) is 11.8 Å². The molecule has 0 aromatic heterocycles. The number of anilines is 1. The van der Waals surface area contributed by atoms with Crippen molar-refractivity contribution < 1.29 is 24.2 Å².